The molecule has 1 amide bonds. The van der Waals surface area contributed by atoms with Gasteiger partial charge in [0.1, 0.15) is 12.3 Å². The molecule has 8 heteroatoms. The number of carbonyl (C=O) groups is 1. The van der Waals surface area contributed by atoms with Crippen LogP contribution in [0.25, 0.3) is 0 Å². The second-order valence-corrected chi connectivity index (χ2v) is 10.00. The second-order valence-electron chi connectivity index (χ2n) is 7.70. The van der Waals surface area contributed by atoms with Crippen LogP contribution < -0.4 is 9.04 Å². The van der Waals surface area contributed by atoms with Gasteiger partial charge in [0.05, 0.1) is 17.2 Å². The summed E-state index contributed by atoms with van der Waals surface area (Å²) in [6.45, 7) is 2.85. The number of hydrogen-bond donors (Lipinski definition) is 0. The number of amides is 1. The van der Waals surface area contributed by atoms with Gasteiger partial charge in [-0.15, -0.1) is 0 Å². The Bertz CT molecular complexity index is 1250. The van der Waals surface area contributed by atoms with Crippen molar-refractivity contribution in [3.05, 3.63) is 88.9 Å². The molecule has 4 rings (SSSR count). The van der Waals surface area contributed by atoms with Crippen LogP contribution in [0.15, 0.2) is 77.7 Å². The first-order chi connectivity index (χ1) is 15.9. The lowest BCUT2D eigenvalue weighted by Crippen LogP contribution is -2.44. The normalized spacial score (nSPS) is 13.3. The Morgan fingerprint density at radius 2 is 1.67 bits per heavy atom. The molecule has 0 saturated heterocycles. The number of carbonyl (C=O) groups excluding carboxylic acids is 1. The summed E-state index contributed by atoms with van der Waals surface area (Å²) in [5.41, 5.74) is 2.62. The van der Waals surface area contributed by atoms with E-state index in [0.29, 0.717) is 36.2 Å². The minimum absolute atomic E-state index is 0.0509. The van der Waals surface area contributed by atoms with Gasteiger partial charge in [0.25, 0.3) is 10.0 Å². The lowest BCUT2D eigenvalue weighted by molar-refractivity contribution is -0.130. The van der Waals surface area contributed by atoms with Gasteiger partial charge in [-0.3, -0.25) is 9.10 Å². The summed E-state index contributed by atoms with van der Waals surface area (Å²) in [7, 11) is -4.06. The SMILES string of the molecule is CCOc1ccccc1N(CC(=O)N1CCc2ccccc2C1)S(=O)(=O)c1ccc(Cl)cc1. The molecule has 3 aromatic carbocycles. The number of benzene rings is 3. The van der Waals surface area contributed by atoms with Crippen LogP contribution in [0.4, 0.5) is 5.69 Å². The molecule has 0 radical (unpaired) electrons. The second kappa shape index (κ2) is 9.85. The number of ether oxygens (including phenoxy) is 1. The average molecular weight is 485 g/mol. The van der Waals surface area contributed by atoms with E-state index in [0.717, 1.165) is 16.3 Å². The van der Waals surface area contributed by atoms with Crippen molar-refractivity contribution in [1.82, 2.24) is 4.90 Å². The van der Waals surface area contributed by atoms with E-state index in [2.05, 4.69) is 6.07 Å². The first-order valence-electron chi connectivity index (χ1n) is 10.7. The van der Waals surface area contributed by atoms with Gasteiger partial charge >= 0.3 is 0 Å². The fraction of sp³-hybridized carbons (Fsp3) is 0.240. The van der Waals surface area contributed by atoms with Crippen molar-refractivity contribution in [3.63, 3.8) is 0 Å². The van der Waals surface area contributed by atoms with Crippen LogP contribution in [0.2, 0.25) is 5.02 Å². The first-order valence-corrected chi connectivity index (χ1v) is 12.6. The van der Waals surface area contributed by atoms with Crippen molar-refractivity contribution in [1.29, 1.82) is 0 Å². The molecule has 0 unspecified atom stereocenters. The van der Waals surface area contributed by atoms with Crippen molar-refractivity contribution in [3.8, 4) is 5.75 Å². The molecule has 1 heterocycles. The quantitative estimate of drug-likeness (QED) is 0.494. The molecule has 172 valence electrons. The zero-order valence-corrected chi connectivity index (χ0v) is 19.8. The third-order valence-corrected chi connectivity index (χ3v) is 7.62. The van der Waals surface area contributed by atoms with E-state index in [1.54, 1.807) is 29.2 Å². The van der Waals surface area contributed by atoms with Gasteiger partial charge in [-0.2, -0.15) is 0 Å². The molecule has 0 N–H and O–H groups in total. The minimum Gasteiger partial charge on any atom is -0.492 e. The zero-order valence-electron chi connectivity index (χ0n) is 18.3. The first kappa shape index (κ1) is 23.1. The highest BCUT2D eigenvalue weighted by Crippen LogP contribution is 2.33. The summed E-state index contributed by atoms with van der Waals surface area (Å²) >= 11 is 5.96. The Hall–Kier alpha value is -3.03. The van der Waals surface area contributed by atoms with Crippen LogP contribution >= 0.6 is 11.6 Å². The molecule has 0 saturated carbocycles. The van der Waals surface area contributed by atoms with Crippen LogP contribution in [-0.4, -0.2) is 38.9 Å². The molecule has 0 bridgehead atoms. The molecule has 0 spiro atoms. The van der Waals surface area contributed by atoms with E-state index in [9.17, 15) is 13.2 Å². The van der Waals surface area contributed by atoms with Crippen LogP contribution in [0.5, 0.6) is 5.75 Å². The lowest BCUT2D eigenvalue weighted by Gasteiger charge is -2.32. The van der Waals surface area contributed by atoms with Crippen molar-refractivity contribution >= 4 is 33.2 Å². The summed E-state index contributed by atoms with van der Waals surface area (Å²) < 4.78 is 34.2. The molecule has 3 aromatic rings. The van der Waals surface area contributed by atoms with Gasteiger partial charge in [-0.05, 0) is 60.9 Å². The highest BCUT2D eigenvalue weighted by Gasteiger charge is 2.31. The molecule has 6 nitrogen and oxygen atoms in total. The largest absolute Gasteiger partial charge is 0.492 e. The number of fused-ring (bicyclic) bond motifs is 1. The molecule has 1 aliphatic rings. The van der Waals surface area contributed by atoms with Crippen LogP contribution in [-0.2, 0) is 27.8 Å². The summed E-state index contributed by atoms with van der Waals surface area (Å²) in [5, 5.41) is 0.429. The molecule has 33 heavy (non-hydrogen) atoms. The Morgan fingerprint density at radius 3 is 2.39 bits per heavy atom. The Kier molecular flexibility index (Phi) is 6.91. The standard InChI is InChI=1S/C25H25ClN2O4S/c1-2-32-24-10-6-5-9-23(24)28(33(30,31)22-13-11-21(26)12-14-22)18-25(29)27-16-15-19-7-3-4-8-20(19)17-27/h3-14H,2,15-18H2,1H3. The van der Waals surface area contributed by atoms with Gasteiger partial charge in [-0.1, -0.05) is 48.0 Å². The van der Waals surface area contributed by atoms with Gasteiger partial charge in [0, 0.05) is 18.1 Å². The number of sulfonamides is 1. The van der Waals surface area contributed by atoms with E-state index in [1.165, 1.54) is 29.8 Å². The topological polar surface area (TPSA) is 66.9 Å². The zero-order chi connectivity index (χ0) is 23.4. The molecular weight excluding hydrogens is 460 g/mol. The molecule has 0 aliphatic carbocycles. The monoisotopic (exact) mass is 484 g/mol. The van der Waals surface area contributed by atoms with Gasteiger partial charge < -0.3 is 9.64 Å². The third-order valence-electron chi connectivity index (χ3n) is 5.60. The van der Waals surface area contributed by atoms with E-state index in [4.69, 9.17) is 16.3 Å². The van der Waals surface area contributed by atoms with Crippen LogP contribution in [0.1, 0.15) is 18.1 Å². The Labute approximate surface area is 199 Å². The van der Waals surface area contributed by atoms with E-state index in [-0.39, 0.29) is 17.3 Å². The molecule has 0 atom stereocenters. The molecular formula is C25H25ClN2O4S. The smallest absolute Gasteiger partial charge is 0.264 e. The third kappa shape index (κ3) is 4.99. The molecule has 0 aromatic heterocycles. The number of halogens is 1. The van der Waals surface area contributed by atoms with Crippen molar-refractivity contribution in [2.24, 2.45) is 0 Å². The lowest BCUT2D eigenvalue weighted by atomic mass is 10.00. The highest BCUT2D eigenvalue weighted by molar-refractivity contribution is 7.92. The van der Waals surface area contributed by atoms with E-state index in [1.807, 2.05) is 25.1 Å². The number of anilines is 1. The fourth-order valence-corrected chi connectivity index (χ4v) is 5.46. The fourth-order valence-electron chi connectivity index (χ4n) is 3.91. The van der Waals surface area contributed by atoms with Crippen molar-refractivity contribution < 1.29 is 17.9 Å². The molecule has 1 aliphatic heterocycles. The highest BCUT2D eigenvalue weighted by atomic mass is 35.5. The van der Waals surface area contributed by atoms with Gasteiger partial charge in [0.15, 0.2) is 0 Å². The maximum absolute atomic E-state index is 13.7. The number of para-hydroxylation sites is 2. The number of nitrogens with zero attached hydrogens (tertiary/aromatic N) is 2. The Morgan fingerprint density at radius 1 is 1.00 bits per heavy atom. The summed E-state index contributed by atoms with van der Waals surface area (Å²) in [6.07, 6.45) is 0.737. The van der Waals surface area contributed by atoms with Crippen molar-refractivity contribution in [2.45, 2.75) is 24.8 Å². The maximum atomic E-state index is 13.7. The predicted molar refractivity (Wildman–Crippen MR) is 129 cm³/mol. The number of rotatable bonds is 7. The van der Waals surface area contributed by atoms with Crippen LogP contribution in [0.3, 0.4) is 0 Å². The van der Waals surface area contributed by atoms with Gasteiger partial charge in [-0.25, -0.2) is 8.42 Å². The maximum Gasteiger partial charge on any atom is 0.264 e. The number of hydrogen-bond acceptors (Lipinski definition) is 4. The van der Waals surface area contributed by atoms with Crippen LogP contribution in [0, 0.1) is 0 Å². The predicted octanol–water partition coefficient (Wildman–Crippen LogP) is 4.52. The summed E-state index contributed by atoms with van der Waals surface area (Å²) in [5.74, 6) is 0.127. The summed E-state index contributed by atoms with van der Waals surface area (Å²) in [4.78, 5) is 15.1. The summed E-state index contributed by atoms with van der Waals surface area (Å²) in [6, 6.07) is 20.8. The molecule has 0 fully saturated rings. The van der Waals surface area contributed by atoms with E-state index < -0.39 is 10.0 Å². The van der Waals surface area contributed by atoms with Gasteiger partial charge in [0.2, 0.25) is 5.91 Å². The average Bonchev–Trinajstić information content (AvgIpc) is 2.83. The minimum atomic E-state index is -4.06. The van der Waals surface area contributed by atoms with E-state index >= 15 is 0 Å². The van der Waals surface area contributed by atoms with Crippen molar-refractivity contribution in [2.75, 3.05) is 24.0 Å². The Balaban J connectivity index is 1.69.